The lowest BCUT2D eigenvalue weighted by molar-refractivity contribution is -0.139. The Kier molecular flexibility index (Phi) is 8.68. The maximum atomic E-state index is 13.2. The summed E-state index contributed by atoms with van der Waals surface area (Å²) in [5, 5.41) is 12.3. The zero-order chi connectivity index (χ0) is 28.3. The van der Waals surface area contributed by atoms with Crippen LogP contribution < -0.4 is 5.32 Å². The van der Waals surface area contributed by atoms with Crippen molar-refractivity contribution in [1.82, 2.24) is 10.2 Å². The summed E-state index contributed by atoms with van der Waals surface area (Å²) in [6, 6.07) is 9.67. The molecule has 0 saturated heterocycles. The summed E-state index contributed by atoms with van der Waals surface area (Å²) in [4.78, 5) is 39.6. The highest BCUT2D eigenvalue weighted by Gasteiger charge is 2.29. The second-order valence-corrected chi connectivity index (χ2v) is 12.1. The fourth-order valence-electron chi connectivity index (χ4n) is 4.49. The van der Waals surface area contributed by atoms with E-state index >= 15 is 0 Å². The Morgan fingerprint density at radius 1 is 1.15 bits per heavy atom. The maximum Gasteiger partial charge on any atom is 0.326 e. The summed E-state index contributed by atoms with van der Waals surface area (Å²) < 4.78 is 29.0. The molecule has 0 unspecified atom stereocenters. The molecule has 0 fully saturated rings. The van der Waals surface area contributed by atoms with E-state index in [4.69, 9.17) is 27.6 Å². The number of hydrogen-bond acceptors (Lipinski definition) is 6. The molecule has 9 nitrogen and oxygen atoms in total. The molecule has 0 saturated carbocycles. The van der Waals surface area contributed by atoms with Crippen molar-refractivity contribution < 1.29 is 32.3 Å². The summed E-state index contributed by atoms with van der Waals surface area (Å²) in [6.45, 7) is 0.683. The van der Waals surface area contributed by atoms with E-state index in [1.165, 1.54) is 18.2 Å². The number of carbonyl (C=O) groups excluding carboxylic acids is 2. The molecular formula is C27H26Cl2N2O7S. The predicted octanol–water partition coefficient (Wildman–Crippen LogP) is 3.93. The van der Waals surface area contributed by atoms with Gasteiger partial charge >= 0.3 is 5.97 Å². The van der Waals surface area contributed by atoms with E-state index in [9.17, 15) is 27.9 Å². The van der Waals surface area contributed by atoms with E-state index in [1.54, 1.807) is 29.4 Å². The van der Waals surface area contributed by atoms with Crippen molar-refractivity contribution in [3.05, 3.63) is 86.8 Å². The normalized spacial score (nSPS) is 14.0. The number of aliphatic carboxylic acids is 1. The SMILES string of the molecule is CS(=O)(=O)c1cccc(C[C@H](NC(=O)c2c(Cl)cc3c(c2Cl)CCN(C(=O)CCc2ccco2)C3)C(=O)O)c1. The van der Waals surface area contributed by atoms with Crippen LogP contribution >= 0.6 is 23.2 Å². The van der Waals surface area contributed by atoms with Gasteiger partial charge in [0.15, 0.2) is 9.84 Å². The number of halogens is 2. The Labute approximate surface area is 235 Å². The number of fused-ring (bicyclic) bond motifs is 1. The first kappa shape index (κ1) is 28.7. The van der Waals surface area contributed by atoms with Crippen molar-refractivity contribution in [3.63, 3.8) is 0 Å². The molecule has 1 aromatic heterocycles. The van der Waals surface area contributed by atoms with Gasteiger partial charge in [-0.25, -0.2) is 13.2 Å². The van der Waals surface area contributed by atoms with Gasteiger partial charge < -0.3 is 19.7 Å². The fourth-order valence-corrected chi connectivity index (χ4v) is 5.94. The van der Waals surface area contributed by atoms with Crippen molar-refractivity contribution in [1.29, 1.82) is 0 Å². The van der Waals surface area contributed by atoms with Crippen LogP contribution in [0.25, 0.3) is 0 Å². The molecule has 12 heteroatoms. The molecule has 206 valence electrons. The Morgan fingerprint density at radius 2 is 1.92 bits per heavy atom. The van der Waals surface area contributed by atoms with Gasteiger partial charge in [0.25, 0.3) is 5.91 Å². The number of carboxylic acid groups (broad SMARTS) is 1. The second kappa shape index (κ2) is 11.8. The third-order valence-electron chi connectivity index (χ3n) is 6.52. The van der Waals surface area contributed by atoms with Crippen LogP contribution in [-0.4, -0.2) is 55.1 Å². The summed E-state index contributed by atoms with van der Waals surface area (Å²) in [6.07, 6.45) is 3.63. The number of amides is 2. The Hall–Kier alpha value is -3.34. The summed E-state index contributed by atoms with van der Waals surface area (Å²) in [5.41, 5.74) is 1.76. The van der Waals surface area contributed by atoms with Crippen LogP contribution in [0.15, 0.2) is 58.0 Å². The molecular weight excluding hydrogens is 567 g/mol. The van der Waals surface area contributed by atoms with Crippen molar-refractivity contribution in [3.8, 4) is 0 Å². The second-order valence-electron chi connectivity index (χ2n) is 9.32. The average Bonchev–Trinajstić information content (AvgIpc) is 3.40. The predicted molar refractivity (Wildman–Crippen MR) is 145 cm³/mol. The molecule has 1 aliphatic heterocycles. The van der Waals surface area contributed by atoms with Crippen molar-refractivity contribution in [2.45, 2.75) is 43.2 Å². The van der Waals surface area contributed by atoms with Crippen LogP contribution in [0.2, 0.25) is 10.0 Å². The maximum absolute atomic E-state index is 13.2. The molecule has 2 aromatic carbocycles. The van der Waals surface area contributed by atoms with E-state index in [0.29, 0.717) is 36.1 Å². The van der Waals surface area contributed by atoms with Gasteiger partial charge in [-0.15, -0.1) is 0 Å². The quantitative estimate of drug-likeness (QED) is 0.384. The zero-order valence-corrected chi connectivity index (χ0v) is 23.3. The molecule has 2 N–H and O–H groups in total. The molecule has 1 atom stereocenters. The molecule has 3 aromatic rings. The van der Waals surface area contributed by atoms with Crippen LogP contribution in [0.5, 0.6) is 0 Å². The monoisotopic (exact) mass is 592 g/mol. The smallest absolute Gasteiger partial charge is 0.326 e. The summed E-state index contributed by atoms with van der Waals surface area (Å²) in [5.74, 6) is -1.39. The van der Waals surface area contributed by atoms with Gasteiger partial charge in [0.05, 0.1) is 26.8 Å². The van der Waals surface area contributed by atoms with Gasteiger partial charge in [0, 0.05) is 38.6 Å². The van der Waals surface area contributed by atoms with Crippen LogP contribution in [0, 0.1) is 0 Å². The molecule has 0 bridgehead atoms. The molecule has 2 heterocycles. The van der Waals surface area contributed by atoms with E-state index < -0.39 is 27.8 Å². The number of aryl methyl sites for hydroxylation is 1. The molecule has 0 radical (unpaired) electrons. The fraction of sp³-hybridized carbons (Fsp3) is 0.296. The number of hydrogen-bond donors (Lipinski definition) is 2. The van der Waals surface area contributed by atoms with Crippen molar-refractivity contribution in [2.24, 2.45) is 0 Å². The van der Waals surface area contributed by atoms with E-state index in [0.717, 1.165) is 12.0 Å². The van der Waals surface area contributed by atoms with Crippen LogP contribution in [-0.2, 0) is 45.2 Å². The number of carboxylic acids is 1. The first-order chi connectivity index (χ1) is 18.4. The van der Waals surface area contributed by atoms with E-state index in [-0.39, 0.29) is 45.8 Å². The minimum Gasteiger partial charge on any atom is -0.480 e. The van der Waals surface area contributed by atoms with Gasteiger partial charge in [-0.1, -0.05) is 35.3 Å². The summed E-state index contributed by atoms with van der Waals surface area (Å²) in [7, 11) is -3.49. The third kappa shape index (κ3) is 6.81. The van der Waals surface area contributed by atoms with Gasteiger partial charge in [0.1, 0.15) is 11.8 Å². The highest BCUT2D eigenvalue weighted by Crippen LogP contribution is 2.35. The lowest BCUT2D eigenvalue weighted by Gasteiger charge is -2.30. The van der Waals surface area contributed by atoms with Crippen molar-refractivity contribution >= 4 is 50.8 Å². The van der Waals surface area contributed by atoms with Gasteiger partial charge in [-0.3, -0.25) is 9.59 Å². The Bertz CT molecular complexity index is 1520. The highest BCUT2D eigenvalue weighted by atomic mass is 35.5. The average molecular weight is 593 g/mol. The number of benzene rings is 2. The lowest BCUT2D eigenvalue weighted by atomic mass is 9.96. The molecule has 0 aliphatic carbocycles. The molecule has 0 spiro atoms. The van der Waals surface area contributed by atoms with Crippen LogP contribution in [0.4, 0.5) is 0 Å². The topological polar surface area (TPSA) is 134 Å². The van der Waals surface area contributed by atoms with Gasteiger partial charge in [-0.2, -0.15) is 0 Å². The van der Waals surface area contributed by atoms with E-state index in [1.807, 2.05) is 6.07 Å². The number of rotatable bonds is 9. The Morgan fingerprint density at radius 3 is 2.59 bits per heavy atom. The zero-order valence-electron chi connectivity index (χ0n) is 20.9. The van der Waals surface area contributed by atoms with Crippen molar-refractivity contribution in [2.75, 3.05) is 12.8 Å². The van der Waals surface area contributed by atoms with Crippen LogP contribution in [0.1, 0.15) is 39.2 Å². The first-order valence-electron chi connectivity index (χ1n) is 12.1. The minimum atomic E-state index is -3.49. The minimum absolute atomic E-state index is 0.0318. The first-order valence-corrected chi connectivity index (χ1v) is 14.7. The largest absolute Gasteiger partial charge is 0.480 e. The third-order valence-corrected chi connectivity index (χ3v) is 8.35. The molecule has 2 amide bonds. The number of nitrogens with zero attached hydrogens (tertiary/aromatic N) is 1. The number of furan rings is 1. The standard InChI is InChI=1S/C27H26Cl2N2O7S/c1-39(36,37)19-6-2-4-16(12-19)13-22(27(34)35)30-26(33)24-21(28)14-17-15-31(10-9-20(17)25(24)29)23(32)8-7-18-5-3-11-38-18/h2-6,11-12,14,22H,7-10,13,15H2,1H3,(H,30,33)(H,34,35)/t22-/m0/s1. The highest BCUT2D eigenvalue weighted by molar-refractivity contribution is 7.90. The molecule has 39 heavy (non-hydrogen) atoms. The van der Waals surface area contributed by atoms with Gasteiger partial charge in [0.2, 0.25) is 5.91 Å². The lowest BCUT2D eigenvalue weighted by Crippen LogP contribution is -2.42. The van der Waals surface area contributed by atoms with Crippen LogP contribution in [0.3, 0.4) is 0 Å². The van der Waals surface area contributed by atoms with Gasteiger partial charge in [-0.05, 0) is 53.4 Å². The van der Waals surface area contributed by atoms with E-state index in [2.05, 4.69) is 5.32 Å². The molecule has 1 aliphatic rings. The molecule has 4 rings (SSSR count). The number of nitrogens with one attached hydrogen (secondary N) is 1. The number of carbonyl (C=O) groups is 3. The number of sulfone groups is 1. The Balaban J connectivity index is 1.48. The summed E-state index contributed by atoms with van der Waals surface area (Å²) >= 11 is 13.0.